The van der Waals surface area contributed by atoms with Gasteiger partial charge in [0.2, 0.25) is 5.91 Å². The summed E-state index contributed by atoms with van der Waals surface area (Å²) in [6.45, 7) is 4.69. The highest BCUT2D eigenvalue weighted by Crippen LogP contribution is 2.12. The minimum absolute atomic E-state index is 0. The molecule has 0 aliphatic heterocycles. The number of aryl methyl sites for hydroxylation is 2. The van der Waals surface area contributed by atoms with Crippen molar-refractivity contribution in [2.75, 3.05) is 6.54 Å². The number of halogens is 1. The summed E-state index contributed by atoms with van der Waals surface area (Å²) in [5.74, 6) is -0.132. The zero-order chi connectivity index (χ0) is 15.2. The lowest BCUT2D eigenvalue weighted by atomic mass is 10.0. The summed E-state index contributed by atoms with van der Waals surface area (Å²) in [7, 11) is 0. The summed E-state index contributed by atoms with van der Waals surface area (Å²) in [5.41, 5.74) is 10.5. The van der Waals surface area contributed by atoms with Crippen LogP contribution in [0.25, 0.3) is 0 Å². The zero-order valence-electron chi connectivity index (χ0n) is 13.0. The van der Waals surface area contributed by atoms with Crippen LogP contribution in [-0.4, -0.2) is 12.5 Å². The van der Waals surface area contributed by atoms with Crippen molar-refractivity contribution in [3.8, 4) is 0 Å². The maximum absolute atomic E-state index is 12.1. The van der Waals surface area contributed by atoms with Gasteiger partial charge in [0.05, 0.1) is 0 Å². The largest absolute Gasteiger partial charge is 0.354 e. The Morgan fingerprint density at radius 2 is 1.73 bits per heavy atom. The summed E-state index contributed by atoms with van der Waals surface area (Å²) in [6, 6.07) is 15.3. The number of benzene rings is 2. The fraction of sp³-hybridized carbons (Fsp3) is 0.278. The molecule has 0 heterocycles. The highest BCUT2D eigenvalue weighted by Gasteiger charge is 2.14. The zero-order valence-corrected chi connectivity index (χ0v) is 13.8. The number of hydrogen-bond acceptors (Lipinski definition) is 2. The first-order valence-electron chi connectivity index (χ1n) is 7.22. The lowest BCUT2D eigenvalue weighted by Gasteiger charge is -2.13. The molecule has 0 aromatic heterocycles. The number of nitrogens with two attached hydrogens (primary N) is 1. The van der Waals surface area contributed by atoms with Crippen molar-refractivity contribution in [1.82, 2.24) is 5.32 Å². The van der Waals surface area contributed by atoms with E-state index in [4.69, 9.17) is 5.73 Å². The van der Waals surface area contributed by atoms with E-state index in [0.717, 1.165) is 17.5 Å². The molecular formula is C18H23ClN2O. The minimum atomic E-state index is -0.609. The molecule has 3 nitrogen and oxygen atoms in total. The molecule has 0 bridgehead atoms. The summed E-state index contributed by atoms with van der Waals surface area (Å²) in [6.07, 6.45) is 0.818. The summed E-state index contributed by atoms with van der Waals surface area (Å²) < 4.78 is 0. The van der Waals surface area contributed by atoms with Crippen LogP contribution in [0.3, 0.4) is 0 Å². The Morgan fingerprint density at radius 1 is 1.09 bits per heavy atom. The third-order valence-electron chi connectivity index (χ3n) is 3.67. The van der Waals surface area contributed by atoms with E-state index in [2.05, 4.69) is 24.4 Å². The van der Waals surface area contributed by atoms with Crippen molar-refractivity contribution in [2.45, 2.75) is 26.3 Å². The molecule has 1 unspecified atom stereocenters. The highest BCUT2D eigenvalue weighted by atomic mass is 35.5. The second-order valence-electron chi connectivity index (χ2n) is 5.36. The Hall–Kier alpha value is -1.84. The Balaban J connectivity index is 0.00000242. The van der Waals surface area contributed by atoms with Gasteiger partial charge in [-0.15, -0.1) is 12.4 Å². The molecule has 0 aliphatic carbocycles. The number of carbonyl (C=O) groups is 1. The fourth-order valence-corrected chi connectivity index (χ4v) is 2.25. The first-order chi connectivity index (χ1) is 10.1. The molecule has 1 amide bonds. The van der Waals surface area contributed by atoms with Gasteiger partial charge in [0.1, 0.15) is 6.04 Å². The molecular weight excluding hydrogens is 296 g/mol. The molecule has 22 heavy (non-hydrogen) atoms. The van der Waals surface area contributed by atoms with Gasteiger partial charge >= 0.3 is 0 Å². The fourth-order valence-electron chi connectivity index (χ4n) is 2.25. The smallest absolute Gasteiger partial charge is 0.241 e. The minimum Gasteiger partial charge on any atom is -0.354 e. The molecule has 0 fully saturated rings. The van der Waals surface area contributed by atoms with Crippen LogP contribution in [0.5, 0.6) is 0 Å². The Kier molecular flexibility index (Phi) is 7.09. The normalized spacial score (nSPS) is 11.4. The first kappa shape index (κ1) is 18.2. The van der Waals surface area contributed by atoms with Crippen LogP contribution in [0.4, 0.5) is 0 Å². The molecule has 2 rings (SSSR count). The van der Waals surface area contributed by atoms with Crippen molar-refractivity contribution in [3.63, 3.8) is 0 Å². The van der Waals surface area contributed by atoms with Crippen molar-refractivity contribution in [1.29, 1.82) is 0 Å². The van der Waals surface area contributed by atoms with Gasteiger partial charge in [-0.25, -0.2) is 0 Å². The molecule has 0 saturated heterocycles. The SMILES string of the molecule is Cc1ccc(C(N)C(=O)NCCc2ccccc2C)cc1.Cl. The predicted molar refractivity (Wildman–Crippen MR) is 93.2 cm³/mol. The van der Waals surface area contributed by atoms with Gasteiger partial charge in [-0.3, -0.25) is 4.79 Å². The van der Waals surface area contributed by atoms with Crippen LogP contribution >= 0.6 is 12.4 Å². The molecule has 4 heteroatoms. The molecule has 3 N–H and O–H groups in total. The number of amides is 1. The van der Waals surface area contributed by atoms with E-state index in [-0.39, 0.29) is 18.3 Å². The number of hydrogen-bond donors (Lipinski definition) is 2. The second kappa shape index (κ2) is 8.57. The standard InChI is InChI=1S/C18H22N2O.ClH/c1-13-7-9-16(10-8-13)17(19)18(21)20-12-11-15-6-4-3-5-14(15)2;/h3-10,17H,11-12,19H2,1-2H3,(H,20,21);1H. The molecule has 0 aliphatic rings. The third kappa shape index (κ3) is 4.86. The second-order valence-corrected chi connectivity index (χ2v) is 5.36. The molecule has 118 valence electrons. The monoisotopic (exact) mass is 318 g/mol. The van der Waals surface area contributed by atoms with E-state index in [9.17, 15) is 4.79 Å². The summed E-state index contributed by atoms with van der Waals surface area (Å²) in [5, 5.41) is 2.91. The molecule has 0 spiro atoms. The Labute approximate surface area is 138 Å². The lowest BCUT2D eigenvalue weighted by Crippen LogP contribution is -2.35. The van der Waals surface area contributed by atoms with Crippen LogP contribution < -0.4 is 11.1 Å². The molecule has 2 aromatic rings. The van der Waals surface area contributed by atoms with Crippen LogP contribution in [0, 0.1) is 13.8 Å². The van der Waals surface area contributed by atoms with E-state index in [1.54, 1.807) is 0 Å². The number of rotatable bonds is 5. The quantitative estimate of drug-likeness (QED) is 0.890. The molecule has 0 radical (unpaired) electrons. The van der Waals surface area contributed by atoms with Crippen molar-refractivity contribution >= 4 is 18.3 Å². The Bertz CT molecular complexity index is 611. The van der Waals surface area contributed by atoms with Gasteiger partial charge in [-0.2, -0.15) is 0 Å². The van der Waals surface area contributed by atoms with E-state index in [1.807, 2.05) is 43.3 Å². The van der Waals surface area contributed by atoms with Gasteiger partial charge in [0.15, 0.2) is 0 Å². The van der Waals surface area contributed by atoms with Gasteiger partial charge in [0.25, 0.3) is 0 Å². The molecule has 1 atom stereocenters. The first-order valence-corrected chi connectivity index (χ1v) is 7.22. The highest BCUT2D eigenvalue weighted by molar-refractivity contribution is 5.85. The van der Waals surface area contributed by atoms with Crippen molar-refractivity contribution in [2.24, 2.45) is 5.73 Å². The van der Waals surface area contributed by atoms with Crippen LogP contribution in [0.15, 0.2) is 48.5 Å². The number of nitrogens with one attached hydrogen (secondary N) is 1. The van der Waals surface area contributed by atoms with Crippen LogP contribution in [0.1, 0.15) is 28.3 Å². The van der Waals surface area contributed by atoms with Crippen LogP contribution in [-0.2, 0) is 11.2 Å². The average molecular weight is 319 g/mol. The average Bonchev–Trinajstić information content (AvgIpc) is 2.49. The topological polar surface area (TPSA) is 55.1 Å². The van der Waals surface area contributed by atoms with Crippen molar-refractivity contribution in [3.05, 3.63) is 70.8 Å². The Morgan fingerprint density at radius 3 is 2.36 bits per heavy atom. The molecule has 2 aromatic carbocycles. The van der Waals surface area contributed by atoms with E-state index in [0.29, 0.717) is 6.54 Å². The lowest BCUT2D eigenvalue weighted by molar-refractivity contribution is -0.122. The predicted octanol–water partition coefficient (Wildman–Crippen LogP) is 3.08. The molecule has 0 saturated carbocycles. The van der Waals surface area contributed by atoms with E-state index < -0.39 is 6.04 Å². The number of carbonyl (C=O) groups excluding carboxylic acids is 1. The van der Waals surface area contributed by atoms with Crippen molar-refractivity contribution < 1.29 is 4.79 Å². The maximum atomic E-state index is 12.1. The summed E-state index contributed by atoms with van der Waals surface area (Å²) >= 11 is 0. The van der Waals surface area contributed by atoms with Gasteiger partial charge in [-0.1, -0.05) is 54.1 Å². The van der Waals surface area contributed by atoms with Gasteiger partial charge in [0, 0.05) is 6.54 Å². The van der Waals surface area contributed by atoms with E-state index in [1.165, 1.54) is 11.1 Å². The maximum Gasteiger partial charge on any atom is 0.241 e. The summed E-state index contributed by atoms with van der Waals surface area (Å²) in [4.78, 5) is 12.1. The third-order valence-corrected chi connectivity index (χ3v) is 3.67. The van der Waals surface area contributed by atoms with Gasteiger partial charge in [-0.05, 0) is 37.0 Å². The van der Waals surface area contributed by atoms with E-state index >= 15 is 0 Å². The van der Waals surface area contributed by atoms with Gasteiger partial charge < -0.3 is 11.1 Å². The van der Waals surface area contributed by atoms with Crippen LogP contribution in [0.2, 0.25) is 0 Å².